The van der Waals surface area contributed by atoms with Gasteiger partial charge in [0.05, 0.1) is 16.8 Å². The van der Waals surface area contributed by atoms with Gasteiger partial charge in [-0.05, 0) is 72.2 Å². The molecule has 0 unspecified atom stereocenters. The topological polar surface area (TPSA) is 16.1 Å². The molecule has 2 heterocycles. The number of alkyl halides is 6. The quantitative estimate of drug-likeness (QED) is 0.261. The van der Waals surface area contributed by atoms with E-state index >= 15 is 0 Å². The molecule has 0 bridgehead atoms. The van der Waals surface area contributed by atoms with Crippen LogP contribution in [-0.2, 0) is 18.8 Å². The average molecular weight is 497 g/mol. The fraction of sp³-hybridized carbons (Fsp3) is 0.320. The van der Waals surface area contributed by atoms with Crippen LogP contribution in [-0.4, -0.2) is 11.5 Å². The first-order chi connectivity index (χ1) is 16.0. The molecule has 1 aliphatic heterocycles. The number of fused-ring (bicyclic) bond motifs is 1. The van der Waals surface area contributed by atoms with E-state index in [1.807, 2.05) is 10.4 Å². The Balaban J connectivity index is 1.71. The maximum absolute atomic E-state index is 13.2. The molecule has 0 fully saturated rings. The summed E-state index contributed by atoms with van der Waals surface area (Å²) >= 11 is 1.22. The Bertz CT molecular complexity index is 1160. The second kappa shape index (κ2) is 9.52. The fourth-order valence-corrected chi connectivity index (χ4v) is 5.28. The monoisotopic (exact) mass is 496 g/mol. The molecule has 9 heteroatoms. The van der Waals surface area contributed by atoms with E-state index in [-0.39, 0.29) is 0 Å². The van der Waals surface area contributed by atoms with E-state index in [0.717, 1.165) is 54.9 Å². The van der Waals surface area contributed by atoms with E-state index in [2.05, 4.69) is 11.9 Å². The third kappa shape index (κ3) is 5.51. The van der Waals surface area contributed by atoms with E-state index in [0.29, 0.717) is 28.5 Å². The van der Waals surface area contributed by atoms with Crippen LogP contribution in [0.1, 0.15) is 36.5 Å². The number of hydrogen-bond acceptors (Lipinski definition) is 3. The summed E-state index contributed by atoms with van der Waals surface area (Å²) < 4.78 is 81.0. The van der Waals surface area contributed by atoms with Crippen LogP contribution in [0.4, 0.5) is 32.0 Å². The largest absolute Gasteiger partial charge is 0.417 e. The van der Waals surface area contributed by atoms with Gasteiger partial charge in [-0.15, -0.1) is 0 Å². The van der Waals surface area contributed by atoms with E-state index in [1.165, 1.54) is 24.2 Å². The van der Waals surface area contributed by atoms with Crippen LogP contribution in [0.2, 0.25) is 0 Å². The van der Waals surface area contributed by atoms with E-state index in [9.17, 15) is 26.3 Å². The number of pyridine rings is 1. The van der Waals surface area contributed by atoms with Crippen LogP contribution in [0.25, 0.3) is 11.1 Å². The van der Waals surface area contributed by atoms with Gasteiger partial charge in [0, 0.05) is 29.4 Å². The van der Waals surface area contributed by atoms with Gasteiger partial charge in [0.1, 0.15) is 0 Å². The Hall–Kier alpha value is -2.68. The first kappa shape index (κ1) is 24.4. The fourth-order valence-electron chi connectivity index (χ4n) is 4.15. The van der Waals surface area contributed by atoms with Crippen molar-refractivity contribution >= 4 is 17.6 Å². The normalized spacial score (nSPS) is 16.4. The molecular formula is C25H22F6N2S. The maximum atomic E-state index is 13.2. The van der Waals surface area contributed by atoms with Crippen LogP contribution in [0.3, 0.4) is 0 Å². The molecule has 3 aromatic rings. The minimum Gasteiger partial charge on any atom is -0.312 e. The zero-order chi connectivity index (χ0) is 24.5. The molecule has 0 amide bonds. The Kier molecular flexibility index (Phi) is 6.85. The van der Waals surface area contributed by atoms with Gasteiger partial charge < -0.3 is 4.31 Å². The van der Waals surface area contributed by atoms with Crippen LogP contribution >= 0.6 is 11.9 Å². The van der Waals surface area contributed by atoms with Crippen molar-refractivity contribution in [1.29, 1.82) is 0 Å². The highest BCUT2D eigenvalue weighted by molar-refractivity contribution is 8.00. The van der Waals surface area contributed by atoms with Crippen LogP contribution in [0, 0.1) is 5.92 Å². The Morgan fingerprint density at radius 2 is 1.68 bits per heavy atom. The third-order valence-electron chi connectivity index (χ3n) is 5.76. The van der Waals surface area contributed by atoms with Crippen LogP contribution < -0.4 is 4.31 Å². The summed E-state index contributed by atoms with van der Waals surface area (Å²) in [6.07, 6.45) is -4.02. The molecule has 0 radical (unpaired) electrons. The maximum Gasteiger partial charge on any atom is 0.417 e. The lowest BCUT2D eigenvalue weighted by Crippen LogP contribution is -2.30. The van der Waals surface area contributed by atoms with Crippen molar-refractivity contribution < 1.29 is 26.3 Å². The minimum atomic E-state index is -4.50. The molecule has 34 heavy (non-hydrogen) atoms. The Labute approximate surface area is 198 Å². The second-order valence-electron chi connectivity index (χ2n) is 8.34. The van der Waals surface area contributed by atoms with Gasteiger partial charge in [-0.25, -0.2) is 0 Å². The molecule has 0 N–H and O–H groups in total. The molecule has 1 aromatic heterocycles. The van der Waals surface area contributed by atoms with E-state index in [4.69, 9.17) is 0 Å². The molecule has 0 aliphatic carbocycles. The Morgan fingerprint density at radius 3 is 2.38 bits per heavy atom. The lowest BCUT2D eigenvalue weighted by molar-refractivity contribution is -0.138. The summed E-state index contributed by atoms with van der Waals surface area (Å²) in [6.45, 7) is 2.72. The van der Waals surface area contributed by atoms with Crippen molar-refractivity contribution in [3.8, 4) is 11.1 Å². The highest BCUT2D eigenvalue weighted by atomic mass is 32.2. The average Bonchev–Trinajstić information content (AvgIpc) is 2.78. The highest BCUT2D eigenvalue weighted by Crippen LogP contribution is 2.42. The molecule has 1 aliphatic rings. The van der Waals surface area contributed by atoms with E-state index < -0.39 is 23.5 Å². The zero-order valence-electron chi connectivity index (χ0n) is 18.2. The molecule has 2 nitrogen and oxygen atoms in total. The summed E-state index contributed by atoms with van der Waals surface area (Å²) in [5.41, 5.74) is 1.17. The Morgan fingerprint density at radius 1 is 0.912 bits per heavy atom. The van der Waals surface area contributed by atoms with Crippen molar-refractivity contribution in [3.05, 3.63) is 77.6 Å². The summed E-state index contributed by atoms with van der Waals surface area (Å²) in [4.78, 5) is 4.20. The van der Waals surface area contributed by atoms with Gasteiger partial charge in [-0.1, -0.05) is 31.5 Å². The number of benzene rings is 2. The number of rotatable bonds is 5. The second-order valence-corrected chi connectivity index (χ2v) is 9.44. The van der Waals surface area contributed by atoms with Crippen molar-refractivity contribution in [1.82, 2.24) is 4.98 Å². The van der Waals surface area contributed by atoms with Gasteiger partial charge in [0.15, 0.2) is 0 Å². The predicted octanol–water partition coefficient (Wildman–Crippen LogP) is 8.27. The van der Waals surface area contributed by atoms with E-state index in [1.54, 1.807) is 18.2 Å². The van der Waals surface area contributed by atoms with Gasteiger partial charge in [-0.2, -0.15) is 26.3 Å². The number of hydrogen-bond donors (Lipinski definition) is 0. The lowest BCUT2D eigenvalue weighted by atomic mass is 9.89. The van der Waals surface area contributed by atoms with Crippen molar-refractivity contribution in [2.24, 2.45) is 5.92 Å². The minimum absolute atomic E-state index is 0.330. The molecule has 1 atom stereocenters. The van der Waals surface area contributed by atoms with Gasteiger partial charge in [-0.3, -0.25) is 4.98 Å². The van der Waals surface area contributed by atoms with Crippen molar-refractivity contribution in [2.75, 3.05) is 10.8 Å². The SMILES string of the molecule is CCC[C@@H]1Cc2ccc(-c3cncc(C(F)(F)F)c3)cc2N(Sc2cccc(C(F)(F)F)c2)C1. The molecule has 180 valence electrons. The molecule has 0 saturated carbocycles. The van der Waals surface area contributed by atoms with Crippen LogP contribution in [0.15, 0.2) is 65.8 Å². The number of nitrogens with zero attached hydrogens (tertiary/aromatic N) is 2. The smallest absolute Gasteiger partial charge is 0.312 e. The first-order valence-electron chi connectivity index (χ1n) is 10.8. The number of anilines is 1. The zero-order valence-corrected chi connectivity index (χ0v) is 19.1. The lowest BCUT2D eigenvalue weighted by Gasteiger charge is -2.35. The van der Waals surface area contributed by atoms with Gasteiger partial charge in [0.2, 0.25) is 0 Å². The number of aromatic nitrogens is 1. The summed E-state index contributed by atoms with van der Waals surface area (Å²) in [6, 6.07) is 11.7. The van der Waals surface area contributed by atoms with Gasteiger partial charge >= 0.3 is 12.4 Å². The standard InChI is InChI=1S/C25H22F6N2S/c1-2-4-16-9-18-8-7-17(19-10-21(14-32-13-19)25(29,30)31)11-23(18)33(15-16)34-22-6-3-5-20(12-22)24(26,27)28/h3,5-8,10-14,16H,2,4,9,15H2,1H3/t16-/m1/s1. The summed E-state index contributed by atoms with van der Waals surface area (Å²) in [5, 5.41) is 0. The summed E-state index contributed by atoms with van der Waals surface area (Å²) in [5.74, 6) is 0.330. The predicted molar refractivity (Wildman–Crippen MR) is 121 cm³/mol. The molecule has 0 spiro atoms. The van der Waals surface area contributed by atoms with Crippen LogP contribution in [0.5, 0.6) is 0 Å². The first-order valence-corrected chi connectivity index (χ1v) is 11.6. The third-order valence-corrected chi connectivity index (χ3v) is 6.79. The molecule has 2 aromatic carbocycles. The van der Waals surface area contributed by atoms with Crippen molar-refractivity contribution in [2.45, 2.75) is 43.4 Å². The number of halogens is 6. The summed E-state index contributed by atoms with van der Waals surface area (Å²) in [7, 11) is 0. The van der Waals surface area contributed by atoms with Gasteiger partial charge in [0.25, 0.3) is 0 Å². The van der Waals surface area contributed by atoms with Crippen molar-refractivity contribution in [3.63, 3.8) is 0 Å². The molecular weight excluding hydrogens is 474 g/mol. The molecule has 0 saturated heterocycles. The highest BCUT2D eigenvalue weighted by Gasteiger charge is 2.32. The molecule has 4 rings (SSSR count).